The first-order valence-electron chi connectivity index (χ1n) is 6.03. The molecular formula is C14H13N3OS. The van der Waals surface area contributed by atoms with E-state index in [0.29, 0.717) is 16.7 Å². The Balaban J connectivity index is 1.71. The van der Waals surface area contributed by atoms with Gasteiger partial charge in [-0.05, 0) is 23.4 Å². The van der Waals surface area contributed by atoms with E-state index in [1.165, 1.54) is 16.9 Å². The molecule has 96 valence electrons. The SMILES string of the molecule is Nc1sccc1-c1nc(CCc2ccccc2)no1. The number of nitrogens with zero attached hydrogens (tertiary/aromatic N) is 2. The smallest absolute Gasteiger partial charge is 0.260 e. The van der Waals surface area contributed by atoms with Crippen LogP contribution in [0, 0.1) is 0 Å². The molecule has 1 aromatic carbocycles. The second kappa shape index (κ2) is 5.24. The lowest BCUT2D eigenvalue weighted by Gasteiger charge is -1.96. The van der Waals surface area contributed by atoms with Crippen LogP contribution in [0.15, 0.2) is 46.3 Å². The Bertz CT molecular complexity index is 660. The van der Waals surface area contributed by atoms with Gasteiger partial charge in [0, 0.05) is 6.42 Å². The fourth-order valence-electron chi connectivity index (χ4n) is 1.86. The van der Waals surface area contributed by atoms with Crippen molar-refractivity contribution in [3.8, 4) is 11.5 Å². The molecule has 2 heterocycles. The van der Waals surface area contributed by atoms with E-state index in [1.54, 1.807) is 0 Å². The van der Waals surface area contributed by atoms with Crippen molar-refractivity contribution in [2.75, 3.05) is 5.73 Å². The van der Waals surface area contributed by atoms with Crippen LogP contribution >= 0.6 is 11.3 Å². The summed E-state index contributed by atoms with van der Waals surface area (Å²) < 4.78 is 5.24. The van der Waals surface area contributed by atoms with Gasteiger partial charge in [-0.3, -0.25) is 0 Å². The molecule has 2 N–H and O–H groups in total. The van der Waals surface area contributed by atoms with E-state index in [4.69, 9.17) is 10.3 Å². The Morgan fingerprint density at radius 2 is 1.95 bits per heavy atom. The summed E-state index contributed by atoms with van der Waals surface area (Å²) in [5.41, 5.74) is 7.93. The van der Waals surface area contributed by atoms with Crippen LogP contribution in [-0.4, -0.2) is 10.1 Å². The molecule has 3 rings (SSSR count). The summed E-state index contributed by atoms with van der Waals surface area (Å²) >= 11 is 1.47. The number of rotatable bonds is 4. The number of anilines is 1. The number of nitrogen functional groups attached to an aromatic ring is 1. The molecule has 0 unspecified atom stereocenters. The molecule has 0 atom stereocenters. The first-order valence-corrected chi connectivity index (χ1v) is 6.91. The fraction of sp³-hybridized carbons (Fsp3) is 0.143. The molecule has 0 aliphatic rings. The quantitative estimate of drug-likeness (QED) is 0.791. The van der Waals surface area contributed by atoms with Gasteiger partial charge in [0.25, 0.3) is 5.89 Å². The number of hydrogen-bond donors (Lipinski definition) is 1. The monoisotopic (exact) mass is 271 g/mol. The first kappa shape index (κ1) is 11.9. The highest BCUT2D eigenvalue weighted by Gasteiger charge is 2.12. The summed E-state index contributed by atoms with van der Waals surface area (Å²) in [5, 5.41) is 6.61. The molecule has 0 saturated carbocycles. The summed E-state index contributed by atoms with van der Waals surface area (Å²) in [6.07, 6.45) is 1.66. The van der Waals surface area contributed by atoms with Gasteiger partial charge in [-0.1, -0.05) is 35.5 Å². The molecule has 2 aromatic heterocycles. The summed E-state index contributed by atoms with van der Waals surface area (Å²) in [6, 6.07) is 12.2. The van der Waals surface area contributed by atoms with Crippen molar-refractivity contribution in [1.82, 2.24) is 10.1 Å². The summed E-state index contributed by atoms with van der Waals surface area (Å²) in [6.45, 7) is 0. The lowest BCUT2D eigenvalue weighted by molar-refractivity contribution is 0.422. The molecule has 4 nitrogen and oxygen atoms in total. The lowest BCUT2D eigenvalue weighted by Crippen LogP contribution is -1.93. The van der Waals surface area contributed by atoms with Crippen LogP contribution in [0.1, 0.15) is 11.4 Å². The van der Waals surface area contributed by atoms with E-state index >= 15 is 0 Å². The maximum absolute atomic E-state index is 5.84. The fourth-order valence-corrected chi connectivity index (χ4v) is 2.50. The summed E-state index contributed by atoms with van der Waals surface area (Å²) in [7, 11) is 0. The minimum absolute atomic E-state index is 0.502. The molecule has 0 radical (unpaired) electrons. The van der Waals surface area contributed by atoms with Crippen molar-refractivity contribution >= 4 is 16.3 Å². The minimum Gasteiger partial charge on any atom is -0.390 e. The van der Waals surface area contributed by atoms with E-state index in [9.17, 15) is 0 Å². The Hall–Kier alpha value is -2.14. The first-order chi connectivity index (χ1) is 9.33. The highest BCUT2D eigenvalue weighted by Crippen LogP contribution is 2.29. The molecule has 0 aliphatic carbocycles. The molecule has 3 aromatic rings. The largest absolute Gasteiger partial charge is 0.390 e. The Kier molecular flexibility index (Phi) is 3.29. The third-order valence-corrected chi connectivity index (χ3v) is 3.62. The predicted octanol–water partition coefficient (Wildman–Crippen LogP) is 3.17. The normalized spacial score (nSPS) is 10.7. The molecular weight excluding hydrogens is 258 g/mol. The van der Waals surface area contributed by atoms with Crippen LogP contribution in [-0.2, 0) is 12.8 Å². The standard InChI is InChI=1S/C14H13N3OS/c15-13-11(8-9-19-13)14-16-12(17-18-14)7-6-10-4-2-1-3-5-10/h1-5,8-9H,6-7,15H2. The predicted molar refractivity (Wildman–Crippen MR) is 75.9 cm³/mol. The van der Waals surface area contributed by atoms with E-state index in [-0.39, 0.29) is 0 Å². The molecule has 0 saturated heterocycles. The van der Waals surface area contributed by atoms with Gasteiger partial charge in [0.05, 0.1) is 10.6 Å². The van der Waals surface area contributed by atoms with E-state index < -0.39 is 0 Å². The van der Waals surface area contributed by atoms with Crippen LogP contribution in [0.3, 0.4) is 0 Å². The number of nitrogens with two attached hydrogens (primary N) is 1. The number of benzene rings is 1. The van der Waals surface area contributed by atoms with Gasteiger partial charge < -0.3 is 10.3 Å². The Morgan fingerprint density at radius 3 is 2.68 bits per heavy atom. The topological polar surface area (TPSA) is 64.9 Å². The average molecular weight is 271 g/mol. The van der Waals surface area contributed by atoms with Crippen molar-refractivity contribution in [2.24, 2.45) is 0 Å². The maximum atomic E-state index is 5.84. The van der Waals surface area contributed by atoms with Crippen molar-refractivity contribution in [3.05, 3.63) is 53.2 Å². The highest BCUT2D eigenvalue weighted by molar-refractivity contribution is 7.14. The molecule has 19 heavy (non-hydrogen) atoms. The summed E-state index contributed by atoms with van der Waals surface area (Å²) in [4.78, 5) is 4.38. The van der Waals surface area contributed by atoms with Crippen molar-refractivity contribution in [3.63, 3.8) is 0 Å². The molecule has 5 heteroatoms. The number of hydrogen-bond acceptors (Lipinski definition) is 5. The second-order valence-electron chi connectivity index (χ2n) is 4.20. The molecule has 0 spiro atoms. The highest BCUT2D eigenvalue weighted by atomic mass is 32.1. The Morgan fingerprint density at radius 1 is 1.11 bits per heavy atom. The van der Waals surface area contributed by atoms with E-state index in [0.717, 1.165) is 18.4 Å². The zero-order chi connectivity index (χ0) is 13.1. The zero-order valence-corrected chi connectivity index (χ0v) is 11.1. The second-order valence-corrected chi connectivity index (χ2v) is 5.15. The minimum atomic E-state index is 0.502. The third-order valence-electron chi connectivity index (χ3n) is 2.87. The lowest BCUT2D eigenvalue weighted by atomic mass is 10.1. The van der Waals surface area contributed by atoms with Gasteiger partial charge in [-0.25, -0.2) is 0 Å². The van der Waals surface area contributed by atoms with E-state index in [2.05, 4.69) is 22.3 Å². The van der Waals surface area contributed by atoms with Crippen molar-refractivity contribution < 1.29 is 4.52 Å². The molecule has 0 fully saturated rings. The van der Waals surface area contributed by atoms with Gasteiger partial charge in [0.15, 0.2) is 5.82 Å². The molecule has 0 aliphatic heterocycles. The Labute approximate surface area is 114 Å². The van der Waals surface area contributed by atoms with Gasteiger partial charge in [0.1, 0.15) is 0 Å². The number of aryl methyl sites for hydroxylation is 2. The van der Waals surface area contributed by atoms with Gasteiger partial charge in [0.2, 0.25) is 0 Å². The van der Waals surface area contributed by atoms with Gasteiger partial charge in [-0.2, -0.15) is 4.98 Å². The van der Waals surface area contributed by atoms with Gasteiger partial charge >= 0.3 is 0 Å². The maximum Gasteiger partial charge on any atom is 0.260 e. The number of aromatic nitrogens is 2. The van der Waals surface area contributed by atoms with Crippen LogP contribution < -0.4 is 5.73 Å². The van der Waals surface area contributed by atoms with Crippen molar-refractivity contribution in [2.45, 2.75) is 12.8 Å². The summed E-state index contributed by atoms with van der Waals surface area (Å²) in [5.74, 6) is 1.21. The average Bonchev–Trinajstić information content (AvgIpc) is 3.06. The molecule has 0 bridgehead atoms. The van der Waals surface area contributed by atoms with Crippen molar-refractivity contribution in [1.29, 1.82) is 0 Å². The zero-order valence-electron chi connectivity index (χ0n) is 10.2. The van der Waals surface area contributed by atoms with Crippen LogP contribution in [0.5, 0.6) is 0 Å². The molecule has 0 amide bonds. The number of thiophene rings is 1. The van der Waals surface area contributed by atoms with Gasteiger partial charge in [-0.15, -0.1) is 11.3 Å². The van der Waals surface area contributed by atoms with Crippen LogP contribution in [0.2, 0.25) is 0 Å². The van der Waals surface area contributed by atoms with E-state index in [1.807, 2.05) is 29.6 Å². The third kappa shape index (κ3) is 2.66. The van der Waals surface area contributed by atoms with Crippen LogP contribution in [0.4, 0.5) is 5.00 Å². The van der Waals surface area contributed by atoms with Crippen LogP contribution in [0.25, 0.3) is 11.5 Å².